The summed E-state index contributed by atoms with van der Waals surface area (Å²) in [5.74, 6) is -0.0141. The van der Waals surface area contributed by atoms with E-state index in [2.05, 4.69) is 19.9 Å². The fraction of sp³-hybridized carbons (Fsp3) is 0.0769. The van der Waals surface area contributed by atoms with Gasteiger partial charge in [0.15, 0.2) is 0 Å². The summed E-state index contributed by atoms with van der Waals surface area (Å²) in [4.78, 5) is 40.9. The van der Waals surface area contributed by atoms with Crippen molar-refractivity contribution < 1.29 is 30.0 Å². The molecule has 0 fully saturated rings. The maximum Gasteiger partial charge on any atom is 3.00 e. The summed E-state index contributed by atoms with van der Waals surface area (Å²) >= 11 is 0. The Morgan fingerprint density at radius 1 is 0.308 bits per heavy atom. The number of hydrogen-bond donors (Lipinski definition) is 0. The Kier molecular flexibility index (Phi) is 16.6. The molecule has 11 rings (SSSR count). The van der Waals surface area contributed by atoms with E-state index in [1.165, 1.54) is 24.3 Å². The van der Waals surface area contributed by atoms with Crippen molar-refractivity contribution in [1.29, 1.82) is 0 Å². The summed E-state index contributed by atoms with van der Waals surface area (Å²) in [5, 5.41) is 49.7. The van der Waals surface area contributed by atoms with Crippen LogP contribution in [0.5, 0.6) is 23.0 Å². The Bertz CT molecular complexity index is 2860. The Balaban J connectivity index is 0.000000152. The first-order chi connectivity index (χ1) is 30.3. The fourth-order valence-corrected chi connectivity index (χ4v) is 9.09. The van der Waals surface area contributed by atoms with Crippen LogP contribution in [-0.2, 0) is 0 Å². The van der Waals surface area contributed by atoms with E-state index in [0.29, 0.717) is 32.4 Å². The van der Waals surface area contributed by atoms with E-state index in [1.807, 2.05) is 125 Å². The Morgan fingerprint density at radius 2 is 0.554 bits per heavy atom. The molecular formula is C52H40Al2N4O6Si. The SMILES string of the molecule is Cc1ccc2cccc([O-])c2n1.Cc1ccc2cccc([O-])c2n1.Cc1ccc2cccc([O-])c2n1.Cc1ccc2cccc([O-])c2n1.[Al+3].[Al+3].[O-][Si]1([O-])c2ccccc2-c2ccccc21. The van der Waals surface area contributed by atoms with Crippen LogP contribution in [0.25, 0.3) is 54.7 Å². The topological polar surface area (TPSA) is 190 Å². The molecule has 6 aromatic carbocycles. The molecule has 314 valence electrons. The molecule has 1 aliphatic heterocycles. The number of rotatable bonds is 0. The number of pyridine rings is 4. The van der Waals surface area contributed by atoms with Gasteiger partial charge in [-0.3, -0.25) is 19.9 Å². The first-order valence-corrected chi connectivity index (χ1v) is 21.9. The van der Waals surface area contributed by atoms with Gasteiger partial charge in [0.05, 0.1) is 22.1 Å². The number of aryl methyl sites for hydroxylation is 4. The maximum atomic E-state index is 12.1. The van der Waals surface area contributed by atoms with E-state index in [0.717, 1.165) is 55.4 Å². The van der Waals surface area contributed by atoms with Crippen molar-refractivity contribution in [3.8, 4) is 34.1 Å². The molecule has 0 amide bonds. The molecule has 10 aromatic rings. The molecule has 0 saturated carbocycles. The molecule has 0 bridgehead atoms. The molecule has 0 unspecified atom stereocenters. The van der Waals surface area contributed by atoms with Gasteiger partial charge in [0.2, 0.25) is 0 Å². The molecule has 10 nitrogen and oxygen atoms in total. The van der Waals surface area contributed by atoms with Gasteiger partial charge < -0.3 is 30.0 Å². The monoisotopic (exact) mass is 898 g/mol. The standard InChI is InChI=1S/C12H8O2Si.4C10H9NO.2Al/c13-15(14)11-7-3-1-5-9(11)10-6-2-4-8-12(10)15;4*1-7-5-6-8-3-2-4-9(12)10(8)11-7;;/h1-8H;4*2-6,12H,1H3;;/q-2;;;;;2*+3/p-4. The second kappa shape index (κ2) is 21.8. The summed E-state index contributed by atoms with van der Waals surface area (Å²) in [6, 6.07) is 50.4. The minimum atomic E-state index is -3.88. The first kappa shape index (κ1) is 49.4. The van der Waals surface area contributed by atoms with Crippen LogP contribution in [0.3, 0.4) is 0 Å². The van der Waals surface area contributed by atoms with E-state index < -0.39 is 8.56 Å². The molecule has 0 radical (unpaired) electrons. The second-order valence-electron chi connectivity index (χ2n) is 14.8. The van der Waals surface area contributed by atoms with Gasteiger partial charge >= 0.3 is 34.7 Å². The van der Waals surface area contributed by atoms with Crippen molar-refractivity contribution >= 4 is 97.3 Å². The van der Waals surface area contributed by atoms with Crippen LogP contribution < -0.4 is 40.4 Å². The smallest absolute Gasteiger partial charge is 0.871 e. The van der Waals surface area contributed by atoms with E-state index in [9.17, 15) is 30.0 Å². The van der Waals surface area contributed by atoms with E-state index in [-0.39, 0.29) is 57.7 Å². The zero-order chi connectivity index (χ0) is 44.7. The van der Waals surface area contributed by atoms with Crippen LogP contribution in [0.4, 0.5) is 0 Å². The Hall–Kier alpha value is -6.64. The predicted octanol–water partition coefficient (Wildman–Crippen LogP) is 4.65. The fourth-order valence-electron chi connectivity index (χ4n) is 7.02. The van der Waals surface area contributed by atoms with Gasteiger partial charge in [0.25, 0.3) is 0 Å². The predicted molar refractivity (Wildman–Crippen MR) is 252 cm³/mol. The summed E-state index contributed by atoms with van der Waals surface area (Å²) < 4.78 is 0. The number of nitrogens with zero attached hydrogens (tertiary/aromatic N) is 4. The molecule has 4 aromatic heterocycles. The van der Waals surface area contributed by atoms with Crippen molar-refractivity contribution in [1.82, 2.24) is 19.9 Å². The number of hydrogen-bond acceptors (Lipinski definition) is 10. The van der Waals surface area contributed by atoms with Gasteiger partial charge in [-0.05, 0) is 84.6 Å². The van der Waals surface area contributed by atoms with Crippen molar-refractivity contribution in [2.75, 3.05) is 0 Å². The molecule has 1 aliphatic rings. The van der Waals surface area contributed by atoms with E-state index in [4.69, 9.17) is 0 Å². The summed E-state index contributed by atoms with van der Waals surface area (Å²) in [5.41, 5.74) is 7.47. The summed E-state index contributed by atoms with van der Waals surface area (Å²) in [6.07, 6.45) is 0. The third-order valence-electron chi connectivity index (χ3n) is 10.1. The molecule has 0 aliphatic carbocycles. The molecular weight excluding hydrogens is 859 g/mol. The zero-order valence-electron chi connectivity index (χ0n) is 36.1. The molecule has 5 heterocycles. The maximum absolute atomic E-state index is 12.1. The Morgan fingerprint density at radius 3 is 0.815 bits per heavy atom. The van der Waals surface area contributed by atoms with Crippen LogP contribution in [-0.4, -0.2) is 63.2 Å². The minimum absolute atomic E-state index is 0. The van der Waals surface area contributed by atoms with Crippen molar-refractivity contribution in [3.63, 3.8) is 0 Å². The van der Waals surface area contributed by atoms with Gasteiger partial charge in [-0.2, -0.15) is 0 Å². The molecule has 65 heavy (non-hydrogen) atoms. The summed E-state index contributed by atoms with van der Waals surface area (Å²) in [6.45, 7) is 7.52. The quantitative estimate of drug-likeness (QED) is 0.194. The number of benzene rings is 6. The molecule has 13 heteroatoms. The van der Waals surface area contributed by atoms with Gasteiger partial charge in [-0.1, -0.05) is 188 Å². The molecule has 0 spiro atoms. The molecule has 0 saturated heterocycles. The van der Waals surface area contributed by atoms with Crippen LogP contribution >= 0.6 is 0 Å². The van der Waals surface area contributed by atoms with Gasteiger partial charge in [-0.15, -0.1) is 0 Å². The van der Waals surface area contributed by atoms with E-state index >= 15 is 0 Å². The largest absolute Gasteiger partial charge is 3.00 e. The van der Waals surface area contributed by atoms with Crippen LogP contribution in [0.15, 0.2) is 170 Å². The van der Waals surface area contributed by atoms with Crippen molar-refractivity contribution in [3.05, 3.63) is 193 Å². The Labute approximate surface area is 399 Å². The molecule has 0 atom stereocenters. The van der Waals surface area contributed by atoms with Gasteiger partial charge in [0.1, 0.15) is 0 Å². The second-order valence-corrected chi connectivity index (χ2v) is 17.1. The van der Waals surface area contributed by atoms with Crippen LogP contribution in [0.1, 0.15) is 22.8 Å². The van der Waals surface area contributed by atoms with Gasteiger partial charge in [-0.25, -0.2) is 0 Å². The van der Waals surface area contributed by atoms with Crippen LogP contribution in [0, 0.1) is 27.7 Å². The van der Waals surface area contributed by atoms with E-state index in [1.54, 1.807) is 48.5 Å². The zero-order valence-corrected chi connectivity index (χ0v) is 39.4. The van der Waals surface area contributed by atoms with Crippen molar-refractivity contribution in [2.45, 2.75) is 27.7 Å². The summed E-state index contributed by atoms with van der Waals surface area (Å²) in [7, 11) is -3.88. The number of para-hydroxylation sites is 4. The molecule has 0 N–H and O–H groups in total. The van der Waals surface area contributed by atoms with Crippen molar-refractivity contribution in [2.24, 2.45) is 0 Å². The average Bonchev–Trinajstić information content (AvgIpc) is 3.52. The average molecular weight is 899 g/mol. The number of aromatic nitrogens is 4. The minimum Gasteiger partial charge on any atom is -0.871 e. The van der Waals surface area contributed by atoms with Gasteiger partial charge in [0, 0.05) is 22.8 Å². The van der Waals surface area contributed by atoms with Crippen LogP contribution in [0.2, 0.25) is 0 Å². The number of fused-ring (bicyclic) bond motifs is 7. The normalized spacial score (nSPS) is 11.4. The third kappa shape index (κ3) is 11.6. The first-order valence-electron chi connectivity index (χ1n) is 20.0. The third-order valence-corrected chi connectivity index (χ3v) is 12.4.